The molecule has 1 aromatic heterocycles. The summed E-state index contributed by atoms with van der Waals surface area (Å²) in [5.41, 5.74) is 0.402. The van der Waals surface area contributed by atoms with Gasteiger partial charge in [-0.2, -0.15) is 0 Å². The lowest BCUT2D eigenvalue weighted by molar-refractivity contribution is 0.0885. The number of carbonyl (C=O) groups is 1. The summed E-state index contributed by atoms with van der Waals surface area (Å²) in [4.78, 5) is 23.6. The van der Waals surface area contributed by atoms with Gasteiger partial charge in [-0.1, -0.05) is 6.07 Å². The Bertz CT molecular complexity index is 445. The van der Waals surface area contributed by atoms with Crippen LogP contribution >= 0.6 is 0 Å². The zero-order valence-electron chi connectivity index (χ0n) is 9.40. The number of ketones is 1. The topological polar surface area (TPSA) is 51.1 Å². The van der Waals surface area contributed by atoms with Crippen LogP contribution in [0.25, 0.3) is 0 Å². The molecule has 0 radical (unpaired) electrons. The molecule has 1 N–H and O–H groups in total. The maximum Gasteiger partial charge on any atom is 0.250 e. The molecule has 1 aromatic rings. The number of carbonyl (C=O) groups excluding carboxylic acids is 1. The van der Waals surface area contributed by atoms with Gasteiger partial charge in [-0.25, -0.2) is 0 Å². The van der Waals surface area contributed by atoms with Gasteiger partial charge in [0.05, 0.1) is 5.69 Å². The van der Waals surface area contributed by atoms with Gasteiger partial charge in [-0.05, 0) is 32.0 Å². The Morgan fingerprint density at radius 1 is 1.38 bits per heavy atom. The number of nitrogens with one attached hydrogen (secondary N) is 1. The normalized spacial score (nSPS) is 17.3. The van der Waals surface area contributed by atoms with E-state index < -0.39 is 0 Å². The van der Waals surface area contributed by atoms with Crippen molar-refractivity contribution >= 4 is 5.78 Å². The predicted molar refractivity (Wildman–Crippen MR) is 61.6 cm³/mol. The van der Waals surface area contributed by atoms with Crippen LogP contribution in [0.5, 0.6) is 0 Å². The van der Waals surface area contributed by atoms with E-state index >= 15 is 0 Å². The van der Waals surface area contributed by atoms with Crippen LogP contribution in [0, 0.1) is 5.92 Å². The largest absolute Gasteiger partial charge is 0.317 e. The van der Waals surface area contributed by atoms with Gasteiger partial charge in [-0.15, -0.1) is 0 Å². The van der Waals surface area contributed by atoms with E-state index in [2.05, 4.69) is 5.32 Å². The zero-order valence-corrected chi connectivity index (χ0v) is 9.40. The molecule has 16 heavy (non-hydrogen) atoms. The summed E-state index contributed by atoms with van der Waals surface area (Å²) in [6.45, 7) is 1.77. The first-order valence-corrected chi connectivity index (χ1v) is 5.61. The SMILES string of the molecule is Cn1c(C(=O)C2CCNCC2)cccc1=O. The Balaban J connectivity index is 2.26. The van der Waals surface area contributed by atoms with Crippen molar-refractivity contribution in [2.75, 3.05) is 13.1 Å². The summed E-state index contributed by atoms with van der Waals surface area (Å²) in [7, 11) is 1.65. The summed E-state index contributed by atoms with van der Waals surface area (Å²) in [5.74, 6) is 0.163. The maximum atomic E-state index is 12.2. The molecule has 0 amide bonds. The van der Waals surface area contributed by atoms with Gasteiger partial charge >= 0.3 is 0 Å². The molecule has 1 fully saturated rings. The fourth-order valence-corrected chi connectivity index (χ4v) is 2.10. The minimum atomic E-state index is -0.125. The number of aromatic nitrogens is 1. The molecule has 1 aliphatic heterocycles. The van der Waals surface area contributed by atoms with Crippen LogP contribution in [-0.2, 0) is 7.05 Å². The summed E-state index contributed by atoms with van der Waals surface area (Å²) < 4.78 is 1.43. The van der Waals surface area contributed by atoms with E-state index in [1.807, 2.05) is 0 Å². The highest BCUT2D eigenvalue weighted by Crippen LogP contribution is 2.16. The first-order valence-electron chi connectivity index (χ1n) is 5.61. The van der Waals surface area contributed by atoms with E-state index in [9.17, 15) is 9.59 Å². The molecule has 0 atom stereocenters. The summed E-state index contributed by atoms with van der Waals surface area (Å²) in [5, 5.41) is 3.23. The lowest BCUT2D eigenvalue weighted by Gasteiger charge is -2.22. The standard InChI is InChI=1S/C12H16N2O2/c1-14-10(3-2-4-11(14)15)12(16)9-5-7-13-8-6-9/h2-4,9,13H,5-8H2,1H3. The van der Waals surface area contributed by atoms with Crippen molar-refractivity contribution < 1.29 is 4.79 Å². The summed E-state index contributed by atoms with van der Waals surface area (Å²) in [6, 6.07) is 4.85. The molecule has 0 aliphatic carbocycles. The van der Waals surface area contributed by atoms with Gasteiger partial charge in [0.25, 0.3) is 5.56 Å². The molecule has 0 bridgehead atoms. The van der Waals surface area contributed by atoms with Crippen LogP contribution in [-0.4, -0.2) is 23.4 Å². The number of pyridine rings is 1. The van der Waals surface area contributed by atoms with E-state index in [4.69, 9.17) is 0 Å². The molecule has 2 heterocycles. The molecule has 0 aromatic carbocycles. The number of nitrogens with zero attached hydrogens (tertiary/aromatic N) is 1. The van der Waals surface area contributed by atoms with Crippen LogP contribution in [0.2, 0.25) is 0 Å². The van der Waals surface area contributed by atoms with Gasteiger partial charge in [0, 0.05) is 19.0 Å². The van der Waals surface area contributed by atoms with Gasteiger partial charge < -0.3 is 9.88 Å². The maximum absolute atomic E-state index is 12.2. The van der Waals surface area contributed by atoms with E-state index in [1.165, 1.54) is 10.6 Å². The fraction of sp³-hybridized carbons (Fsp3) is 0.500. The first-order chi connectivity index (χ1) is 7.70. The lowest BCUT2D eigenvalue weighted by atomic mass is 9.91. The number of hydrogen-bond donors (Lipinski definition) is 1. The Morgan fingerprint density at radius 2 is 2.06 bits per heavy atom. The molecule has 2 rings (SSSR count). The van der Waals surface area contributed by atoms with Crippen LogP contribution in [0.15, 0.2) is 23.0 Å². The van der Waals surface area contributed by atoms with Crippen LogP contribution in [0.4, 0.5) is 0 Å². The molecular weight excluding hydrogens is 204 g/mol. The fourth-order valence-electron chi connectivity index (χ4n) is 2.10. The van der Waals surface area contributed by atoms with Crippen molar-refractivity contribution in [1.82, 2.24) is 9.88 Å². The number of rotatable bonds is 2. The molecule has 1 saturated heterocycles. The molecule has 0 unspecified atom stereocenters. The highest BCUT2D eigenvalue weighted by atomic mass is 16.1. The number of Topliss-reactive ketones (excluding diaryl/α,β-unsaturated/α-hetero) is 1. The third-order valence-electron chi connectivity index (χ3n) is 3.15. The highest BCUT2D eigenvalue weighted by molar-refractivity contribution is 5.96. The second-order valence-electron chi connectivity index (χ2n) is 4.20. The average Bonchev–Trinajstić information content (AvgIpc) is 2.33. The van der Waals surface area contributed by atoms with Crippen molar-refractivity contribution in [3.63, 3.8) is 0 Å². The predicted octanol–water partition coefficient (Wildman–Crippen LogP) is 0.568. The Hall–Kier alpha value is -1.42. The van der Waals surface area contributed by atoms with Crippen LogP contribution in [0.3, 0.4) is 0 Å². The van der Waals surface area contributed by atoms with Gasteiger partial charge in [0.1, 0.15) is 0 Å². The molecule has 0 saturated carbocycles. The molecule has 0 spiro atoms. The smallest absolute Gasteiger partial charge is 0.250 e. The van der Waals surface area contributed by atoms with Crippen LogP contribution in [0.1, 0.15) is 23.3 Å². The van der Waals surface area contributed by atoms with Crippen molar-refractivity contribution in [3.8, 4) is 0 Å². The molecule has 4 nitrogen and oxygen atoms in total. The van der Waals surface area contributed by atoms with Gasteiger partial charge in [0.15, 0.2) is 5.78 Å². The molecule has 1 aliphatic rings. The number of piperidine rings is 1. The molecule has 86 valence electrons. The molecular formula is C12H16N2O2. The second-order valence-corrected chi connectivity index (χ2v) is 4.20. The monoisotopic (exact) mass is 220 g/mol. The average molecular weight is 220 g/mol. The quantitative estimate of drug-likeness (QED) is 0.741. The lowest BCUT2D eigenvalue weighted by Crippen LogP contribution is -2.34. The first kappa shape index (κ1) is 11.1. The van der Waals surface area contributed by atoms with E-state index in [-0.39, 0.29) is 17.3 Å². The van der Waals surface area contributed by atoms with Crippen molar-refractivity contribution in [3.05, 3.63) is 34.2 Å². The van der Waals surface area contributed by atoms with Crippen molar-refractivity contribution in [1.29, 1.82) is 0 Å². The Morgan fingerprint density at radius 3 is 2.75 bits per heavy atom. The Labute approximate surface area is 94.3 Å². The number of hydrogen-bond acceptors (Lipinski definition) is 3. The summed E-state index contributed by atoms with van der Waals surface area (Å²) in [6.07, 6.45) is 1.73. The van der Waals surface area contributed by atoms with Gasteiger partial charge in [-0.3, -0.25) is 9.59 Å². The third kappa shape index (κ3) is 2.07. The van der Waals surface area contributed by atoms with E-state index in [1.54, 1.807) is 19.2 Å². The van der Waals surface area contributed by atoms with Crippen molar-refractivity contribution in [2.45, 2.75) is 12.8 Å². The minimum Gasteiger partial charge on any atom is -0.317 e. The van der Waals surface area contributed by atoms with Gasteiger partial charge in [0.2, 0.25) is 0 Å². The highest BCUT2D eigenvalue weighted by Gasteiger charge is 2.23. The second kappa shape index (κ2) is 4.61. The van der Waals surface area contributed by atoms with E-state index in [0.29, 0.717) is 5.69 Å². The van der Waals surface area contributed by atoms with Crippen LogP contribution < -0.4 is 10.9 Å². The van der Waals surface area contributed by atoms with E-state index in [0.717, 1.165) is 25.9 Å². The minimum absolute atomic E-state index is 0.0641. The Kier molecular flexibility index (Phi) is 3.19. The summed E-state index contributed by atoms with van der Waals surface area (Å²) >= 11 is 0. The third-order valence-corrected chi connectivity index (χ3v) is 3.15. The van der Waals surface area contributed by atoms with Crippen molar-refractivity contribution in [2.24, 2.45) is 13.0 Å². The zero-order chi connectivity index (χ0) is 11.5. The molecule has 4 heteroatoms.